The summed E-state index contributed by atoms with van der Waals surface area (Å²) in [6.07, 6.45) is 0.462. The fraction of sp³-hybridized carbons (Fsp3) is 0.421. The van der Waals surface area contributed by atoms with Crippen molar-refractivity contribution >= 4 is 33.5 Å². The number of aliphatic imine (C=N–C) groups is 1. The van der Waals surface area contributed by atoms with Gasteiger partial charge in [0.05, 0.1) is 23.0 Å². The van der Waals surface area contributed by atoms with Crippen molar-refractivity contribution in [3.63, 3.8) is 0 Å². The van der Waals surface area contributed by atoms with E-state index < -0.39 is 0 Å². The van der Waals surface area contributed by atoms with E-state index in [2.05, 4.69) is 40.7 Å². The second-order valence-corrected chi connectivity index (χ2v) is 8.12. The molecule has 1 saturated heterocycles. The number of fused-ring (bicyclic) bond motifs is 2. The third kappa shape index (κ3) is 3.42. The van der Waals surface area contributed by atoms with E-state index in [1.54, 1.807) is 11.3 Å². The van der Waals surface area contributed by atoms with E-state index in [0.29, 0.717) is 0 Å². The molecule has 1 aromatic carbocycles. The lowest BCUT2D eigenvalue weighted by Crippen LogP contribution is -2.53. The number of hydrogen-bond acceptors (Lipinski definition) is 6. The van der Waals surface area contributed by atoms with Crippen LogP contribution in [0.4, 0.5) is 16.4 Å². The molecular weight excluding hydrogens is 332 g/mol. The molecule has 0 radical (unpaired) electrons. The third-order valence-electron chi connectivity index (χ3n) is 4.66. The molecule has 0 unspecified atom stereocenters. The Morgan fingerprint density at radius 3 is 3.08 bits per heavy atom. The van der Waals surface area contributed by atoms with Crippen LogP contribution in [0.2, 0.25) is 0 Å². The maximum Gasteiger partial charge on any atom is 0.139 e. The van der Waals surface area contributed by atoms with Gasteiger partial charge in [-0.1, -0.05) is 12.1 Å². The smallest absolute Gasteiger partial charge is 0.139 e. The van der Waals surface area contributed by atoms with Crippen molar-refractivity contribution in [2.45, 2.75) is 32.4 Å². The van der Waals surface area contributed by atoms with Crippen molar-refractivity contribution in [3.05, 3.63) is 40.8 Å². The van der Waals surface area contributed by atoms with Gasteiger partial charge in [0.25, 0.3) is 0 Å². The minimum absolute atomic E-state index is 0.283. The molecule has 2 aliphatic rings. The Balaban J connectivity index is 1.72. The summed E-state index contributed by atoms with van der Waals surface area (Å²) in [5.74, 6) is 1.04. The molecule has 3 N–H and O–H groups in total. The Morgan fingerprint density at radius 2 is 2.24 bits per heavy atom. The molecule has 4 rings (SSSR count). The summed E-state index contributed by atoms with van der Waals surface area (Å²) in [7, 11) is 0. The lowest BCUT2D eigenvalue weighted by Gasteiger charge is -2.36. The summed E-state index contributed by atoms with van der Waals surface area (Å²) >= 11 is 1.77. The van der Waals surface area contributed by atoms with Crippen LogP contribution < -0.4 is 10.6 Å². The van der Waals surface area contributed by atoms with E-state index in [4.69, 9.17) is 4.99 Å². The predicted molar refractivity (Wildman–Crippen MR) is 105 cm³/mol. The van der Waals surface area contributed by atoms with Gasteiger partial charge in [-0.25, -0.2) is 4.99 Å². The molecule has 6 heteroatoms. The molecule has 2 aromatic rings. The Labute approximate surface area is 152 Å². The average molecular weight is 356 g/mol. The van der Waals surface area contributed by atoms with Gasteiger partial charge in [-0.05, 0) is 38.5 Å². The first-order chi connectivity index (χ1) is 12.1. The number of nitrogens with one attached hydrogen (secondary N) is 2. The standard InChI is InChI=1S/C19H24N4OS/c1-12(24)9-14-11-23(8-7-20-14)18-15-10-13(2)25-19(15)22-17-6-4-3-5-16(17)21-18/h3-6,10,12,14,20,22,24H,7-9,11H2,1-2H3/t12-,14+/m1/s1. The third-order valence-corrected chi connectivity index (χ3v) is 5.62. The lowest BCUT2D eigenvalue weighted by molar-refractivity contribution is 0.151. The number of hydrogen-bond donors (Lipinski definition) is 3. The molecule has 5 nitrogen and oxygen atoms in total. The zero-order valence-corrected chi connectivity index (χ0v) is 15.4. The number of aliphatic hydroxyl groups excluding tert-OH is 1. The molecule has 3 heterocycles. The first-order valence-electron chi connectivity index (χ1n) is 8.82. The summed E-state index contributed by atoms with van der Waals surface area (Å²) in [6.45, 7) is 6.68. The maximum atomic E-state index is 9.74. The van der Waals surface area contributed by atoms with Gasteiger partial charge in [-0.3, -0.25) is 0 Å². The van der Waals surface area contributed by atoms with Crippen molar-refractivity contribution < 1.29 is 5.11 Å². The normalized spacial score (nSPS) is 20.8. The van der Waals surface area contributed by atoms with Gasteiger partial charge < -0.3 is 20.6 Å². The minimum Gasteiger partial charge on any atom is -0.393 e. The van der Waals surface area contributed by atoms with Crippen molar-refractivity contribution in [2.24, 2.45) is 4.99 Å². The molecular formula is C19H24N4OS. The molecule has 132 valence electrons. The van der Waals surface area contributed by atoms with Crippen LogP contribution in [-0.2, 0) is 0 Å². The second-order valence-electron chi connectivity index (χ2n) is 6.86. The number of piperazine rings is 1. The van der Waals surface area contributed by atoms with Crippen LogP contribution in [0.3, 0.4) is 0 Å². The number of thiophene rings is 1. The van der Waals surface area contributed by atoms with Crippen LogP contribution in [0.1, 0.15) is 23.8 Å². The van der Waals surface area contributed by atoms with Gasteiger partial charge >= 0.3 is 0 Å². The zero-order valence-electron chi connectivity index (χ0n) is 14.6. The molecule has 0 aliphatic carbocycles. The number of para-hydroxylation sites is 2. The topological polar surface area (TPSA) is 59.9 Å². The van der Waals surface area contributed by atoms with Crippen LogP contribution in [-0.4, -0.2) is 47.6 Å². The molecule has 1 aromatic heterocycles. The lowest BCUT2D eigenvalue weighted by atomic mass is 10.1. The van der Waals surface area contributed by atoms with Crippen molar-refractivity contribution in [3.8, 4) is 0 Å². The number of amidine groups is 1. The molecule has 0 saturated carbocycles. The van der Waals surface area contributed by atoms with Crippen LogP contribution in [0, 0.1) is 6.92 Å². The van der Waals surface area contributed by atoms with E-state index >= 15 is 0 Å². The molecule has 2 aliphatic heterocycles. The highest BCUT2D eigenvalue weighted by Crippen LogP contribution is 2.39. The predicted octanol–water partition coefficient (Wildman–Crippen LogP) is 3.24. The van der Waals surface area contributed by atoms with Gasteiger partial charge in [0.1, 0.15) is 10.8 Å². The van der Waals surface area contributed by atoms with E-state index in [1.807, 2.05) is 19.1 Å². The van der Waals surface area contributed by atoms with Crippen molar-refractivity contribution in [1.29, 1.82) is 0 Å². The van der Waals surface area contributed by atoms with Gasteiger partial charge in [-0.2, -0.15) is 0 Å². The highest BCUT2D eigenvalue weighted by molar-refractivity contribution is 7.16. The monoisotopic (exact) mass is 356 g/mol. The summed E-state index contributed by atoms with van der Waals surface area (Å²) in [4.78, 5) is 8.66. The summed E-state index contributed by atoms with van der Waals surface area (Å²) < 4.78 is 0. The maximum absolute atomic E-state index is 9.74. The Morgan fingerprint density at radius 1 is 1.40 bits per heavy atom. The van der Waals surface area contributed by atoms with Gasteiger partial charge in [0, 0.05) is 30.6 Å². The van der Waals surface area contributed by atoms with E-state index in [-0.39, 0.29) is 12.1 Å². The fourth-order valence-electron chi connectivity index (χ4n) is 3.58. The van der Waals surface area contributed by atoms with Gasteiger partial charge in [0.15, 0.2) is 0 Å². The molecule has 25 heavy (non-hydrogen) atoms. The van der Waals surface area contributed by atoms with Crippen molar-refractivity contribution in [1.82, 2.24) is 10.2 Å². The SMILES string of the molecule is Cc1cc2c(s1)Nc1ccccc1N=C2N1CCN[C@@H](C[C@@H](C)O)C1. The average Bonchev–Trinajstić information content (AvgIpc) is 2.86. The molecule has 0 bridgehead atoms. The highest BCUT2D eigenvalue weighted by atomic mass is 32.1. The summed E-state index contributed by atoms with van der Waals surface area (Å²) in [5, 5.41) is 18.0. The molecule has 1 fully saturated rings. The van der Waals surface area contributed by atoms with Gasteiger partial charge in [-0.15, -0.1) is 11.3 Å². The summed E-state index contributed by atoms with van der Waals surface area (Å²) in [6, 6.07) is 10.7. The van der Waals surface area contributed by atoms with Crippen molar-refractivity contribution in [2.75, 3.05) is 25.0 Å². The molecule has 0 spiro atoms. The number of anilines is 2. The van der Waals surface area contributed by atoms with E-state index in [1.165, 1.54) is 10.4 Å². The van der Waals surface area contributed by atoms with Gasteiger partial charge in [0.2, 0.25) is 0 Å². The Kier molecular flexibility index (Phi) is 4.50. The number of aliphatic hydroxyl groups is 1. The first kappa shape index (κ1) is 16.6. The number of benzene rings is 1. The minimum atomic E-state index is -0.296. The fourth-order valence-corrected chi connectivity index (χ4v) is 4.50. The number of nitrogens with zero attached hydrogens (tertiary/aromatic N) is 2. The van der Waals surface area contributed by atoms with Crippen LogP contribution >= 0.6 is 11.3 Å². The molecule has 0 amide bonds. The second kappa shape index (κ2) is 6.78. The largest absolute Gasteiger partial charge is 0.393 e. The van der Waals surface area contributed by atoms with Crippen LogP contribution in [0.25, 0.3) is 0 Å². The first-order valence-corrected chi connectivity index (χ1v) is 9.64. The summed E-state index contributed by atoms with van der Waals surface area (Å²) in [5.41, 5.74) is 3.21. The Hall–Kier alpha value is -1.89. The van der Waals surface area contributed by atoms with Crippen LogP contribution in [0.15, 0.2) is 35.3 Å². The quantitative estimate of drug-likeness (QED) is 0.773. The number of aryl methyl sites for hydroxylation is 1. The van der Waals surface area contributed by atoms with E-state index in [9.17, 15) is 5.11 Å². The van der Waals surface area contributed by atoms with Crippen LogP contribution in [0.5, 0.6) is 0 Å². The molecule has 2 atom stereocenters. The van der Waals surface area contributed by atoms with E-state index in [0.717, 1.165) is 48.3 Å². The Bertz CT molecular complexity index is 798. The number of rotatable bonds is 2. The zero-order chi connectivity index (χ0) is 17.4. The highest BCUT2D eigenvalue weighted by Gasteiger charge is 2.27.